The van der Waals surface area contributed by atoms with Gasteiger partial charge in [0.25, 0.3) is 5.91 Å². The van der Waals surface area contributed by atoms with E-state index in [1.54, 1.807) is 29.0 Å². The molecule has 158 valence electrons. The predicted octanol–water partition coefficient (Wildman–Crippen LogP) is 2.21. The van der Waals surface area contributed by atoms with Crippen molar-refractivity contribution >= 4 is 15.9 Å². The minimum atomic E-state index is -3.56. The highest BCUT2D eigenvalue weighted by atomic mass is 32.2. The maximum Gasteiger partial charge on any atom is 0.271 e. The number of piperidine rings is 1. The molecule has 9 nitrogen and oxygen atoms in total. The molecule has 1 amide bonds. The molecular weight excluding hydrogens is 406 g/mol. The molecule has 3 aromatic heterocycles. The second-order valence-corrected chi connectivity index (χ2v) is 9.33. The van der Waals surface area contributed by atoms with Crippen LogP contribution in [0.2, 0.25) is 0 Å². The summed E-state index contributed by atoms with van der Waals surface area (Å²) in [7, 11) is -3.56. The van der Waals surface area contributed by atoms with E-state index < -0.39 is 10.0 Å². The number of imidazole rings is 1. The van der Waals surface area contributed by atoms with Crippen molar-refractivity contribution in [2.24, 2.45) is 5.92 Å². The molecule has 1 atom stereocenters. The summed E-state index contributed by atoms with van der Waals surface area (Å²) in [5.41, 5.74) is 0.224. The number of nitrogens with one attached hydrogen (secondary N) is 1. The molecule has 1 fully saturated rings. The van der Waals surface area contributed by atoms with Crippen molar-refractivity contribution in [2.75, 3.05) is 13.1 Å². The lowest BCUT2D eigenvalue weighted by atomic mass is 10.0. The molecule has 30 heavy (non-hydrogen) atoms. The molecule has 1 unspecified atom stereocenters. The summed E-state index contributed by atoms with van der Waals surface area (Å²) in [6.07, 6.45) is 7.80. The SMILES string of the molecule is CC1CCCN(S(=O)(=O)c2ccc(-n3cnc(C(=O)NCc4ccco4)c3)nc2)C1. The first-order valence-electron chi connectivity index (χ1n) is 9.74. The van der Waals surface area contributed by atoms with E-state index in [0.29, 0.717) is 30.6 Å². The van der Waals surface area contributed by atoms with Gasteiger partial charge in [-0.1, -0.05) is 6.92 Å². The van der Waals surface area contributed by atoms with Crippen molar-refractivity contribution in [1.82, 2.24) is 24.2 Å². The molecule has 1 aliphatic heterocycles. The van der Waals surface area contributed by atoms with Crippen molar-refractivity contribution in [1.29, 1.82) is 0 Å². The highest BCUT2D eigenvalue weighted by Gasteiger charge is 2.28. The average Bonchev–Trinajstić information content (AvgIpc) is 3.44. The summed E-state index contributed by atoms with van der Waals surface area (Å²) in [5, 5.41) is 2.72. The number of hydrogen-bond donors (Lipinski definition) is 1. The summed E-state index contributed by atoms with van der Waals surface area (Å²) < 4.78 is 34.0. The first-order chi connectivity index (χ1) is 14.4. The molecule has 4 rings (SSSR count). The predicted molar refractivity (Wildman–Crippen MR) is 108 cm³/mol. The number of furan rings is 1. The number of carbonyl (C=O) groups is 1. The second-order valence-electron chi connectivity index (χ2n) is 7.39. The Morgan fingerprint density at radius 3 is 2.87 bits per heavy atom. The third-order valence-corrected chi connectivity index (χ3v) is 6.91. The number of carbonyl (C=O) groups excluding carboxylic acids is 1. The Hall–Kier alpha value is -2.98. The Balaban J connectivity index is 1.45. The zero-order valence-corrected chi connectivity index (χ0v) is 17.4. The number of hydrogen-bond acceptors (Lipinski definition) is 6. The Kier molecular flexibility index (Phi) is 5.69. The number of aromatic nitrogens is 3. The fourth-order valence-corrected chi connectivity index (χ4v) is 4.97. The van der Waals surface area contributed by atoms with E-state index in [-0.39, 0.29) is 23.0 Å². The highest BCUT2D eigenvalue weighted by Crippen LogP contribution is 2.23. The van der Waals surface area contributed by atoms with Gasteiger partial charge in [0.1, 0.15) is 28.5 Å². The minimum absolute atomic E-state index is 0.164. The van der Waals surface area contributed by atoms with Crippen LogP contribution in [-0.4, -0.2) is 46.3 Å². The largest absolute Gasteiger partial charge is 0.467 e. The average molecular weight is 430 g/mol. The third kappa shape index (κ3) is 4.29. The molecule has 0 aliphatic carbocycles. The highest BCUT2D eigenvalue weighted by molar-refractivity contribution is 7.89. The van der Waals surface area contributed by atoms with E-state index in [2.05, 4.69) is 22.2 Å². The molecule has 0 radical (unpaired) electrons. The maximum atomic E-state index is 12.8. The van der Waals surface area contributed by atoms with Gasteiger partial charge in [-0.3, -0.25) is 9.36 Å². The fraction of sp³-hybridized carbons (Fsp3) is 0.350. The van der Waals surface area contributed by atoms with Crippen molar-refractivity contribution in [3.8, 4) is 5.82 Å². The van der Waals surface area contributed by atoms with Crippen LogP contribution < -0.4 is 5.32 Å². The fourth-order valence-electron chi connectivity index (χ4n) is 3.43. The smallest absolute Gasteiger partial charge is 0.271 e. The van der Waals surface area contributed by atoms with Gasteiger partial charge in [-0.15, -0.1) is 0 Å². The lowest BCUT2D eigenvalue weighted by Crippen LogP contribution is -2.39. The van der Waals surface area contributed by atoms with Crippen LogP contribution in [0.4, 0.5) is 0 Å². The molecule has 4 heterocycles. The van der Waals surface area contributed by atoms with E-state index >= 15 is 0 Å². The van der Waals surface area contributed by atoms with Crippen LogP contribution in [0.5, 0.6) is 0 Å². The van der Waals surface area contributed by atoms with Crippen LogP contribution >= 0.6 is 0 Å². The van der Waals surface area contributed by atoms with Gasteiger partial charge in [-0.05, 0) is 43.0 Å². The first-order valence-corrected chi connectivity index (χ1v) is 11.2. The third-order valence-electron chi connectivity index (χ3n) is 5.06. The summed E-state index contributed by atoms with van der Waals surface area (Å²) in [6, 6.07) is 6.65. The number of rotatable bonds is 6. The molecule has 1 N–H and O–H groups in total. The van der Waals surface area contributed by atoms with Crippen molar-refractivity contribution in [2.45, 2.75) is 31.2 Å². The Morgan fingerprint density at radius 2 is 2.17 bits per heavy atom. The van der Waals surface area contributed by atoms with Crippen molar-refractivity contribution in [3.63, 3.8) is 0 Å². The minimum Gasteiger partial charge on any atom is -0.467 e. The van der Waals surface area contributed by atoms with Gasteiger partial charge in [-0.2, -0.15) is 4.31 Å². The molecule has 3 aromatic rings. The van der Waals surface area contributed by atoms with E-state index in [9.17, 15) is 13.2 Å². The van der Waals surface area contributed by atoms with E-state index in [1.807, 2.05) is 0 Å². The van der Waals surface area contributed by atoms with Gasteiger partial charge in [0, 0.05) is 25.5 Å². The summed E-state index contributed by atoms with van der Waals surface area (Å²) in [5.74, 6) is 1.12. The standard InChI is InChI=1S/C20H23N5O4S/c1-15-4-2-8-25(12-15)30(27,28)17-6-7-19(21-11-17)24-13-18(23-14-24)20(26)22-10-16-5-3-9-29-16/h3,5-7,9,11,13-15H,2,4,8,10,12H2,1H3,(H,22,26). The summed E-state index contributed by atoms with van der Waals surface area (Å²) in [4.78, 5) is 20.8. The zero-order valence-electron chi connectivity index (χ0n) is 16.6. The van der Waals surface area contributed by atoms with Gasteiger partial charge in [0.2, 0.25) is 10.0 Å². The Labute approximate surface area is 174 Å². The maximum absolute atomic E-state index is 12.8. The lowest BCUT2D eigenvalue weighted by molar-refractivity contribution is 0.0943. The van der Waals surface area contributed by atoms with E-state index in [4.69, 9.17) is 4.42 Å². The van der Waals surface area contributed by atoms with Crippen LogP contribution in [0.3, 0.4) is 0 Å². The Bertz CT molecular complexity index is 1110. The molecule has 1 aliphatic rings. The number of pyridine rings is 1. The molecule has 0 bridgehead atoms. The summed E-state index contributed by atoms with van der Waals surface area (Å²) >= 11 is 0. The Morgan fingerprint density at radius 1 is 1.30 bits per heavy atom. The second kappa shape index (κ2) is 8.41. The molecule has 0 spiro atoms. The monoisotopic (exact) mass is 429 g/mol. The van der Waals surface area contributed by atoms with Crippen LogP contribution in [0.15, 0.2) is 58.6 Å². The number of amides is 1. The van der Waals surface area contributed by atoms with Crippen LogP contribution in [0.25, 0.3) is 5.82 Å². The van der Waals surface area contributed by atoms with Crippen LogP contribution in [-0.2, 0) is 16.6 Å². The number of sulfonamides is 1. The van der Waals surface area contributed by atoms with Gasteiger partial charge < -0.3 is 9.73 Å². The topological polar surface area (TPSA) is 110 Å². The quantitative estimate of drug-likeness (QED) is 0.643. The van der Waals surface area contributed by atoms with Gasteiger partial charge in [0.15, 0.2) is 0 Å². The van der Waals surface area contributed by atoms with E-state index in [0.717, 1.165) is 12.8 Å². The van der Waals surface area contributed by atoms with Crippen LogP contribution in [0, 0.1) is 5.92 Å². The van der Waals surface area contributed by atoms with Crippen LogP contribution in [0.1, 0.15) is 36.0 Å². The lowest BCUT2D eigenvalue weighted by Gasteiger charge is -2.29. The number of nitrogens with zero attached hydrogens (tertiary/aromatic N) is 4. The first kappa shape index (κ1) is 20.3. The summed E-state index contributed by atoms with van der Waals surface area (Å²) in [6.45, 7) is 3.39. The molecule has 0 aromatic carbocycles. The molecular formula is C20H23N5O4S. The zero-order chi connectivity index (χ0) is 21.1. The van der Waals surface area contributed by atoms with E-state index in [1.165, 1.54) is 29.2 Å². The molecule has 0 saturated carbocycles. The van der Waals surface area contributed by atoms with Gasteiger partial charge >= 0.3 is 0 Å². The normalized spacial score (nSPS) is 17.7. The van der Waals surface area contributed by atoms with Gasteiger partial charge in [0.05, 0.1) is 12.8 Å². The molecule has 10 heteroatoms. The van der Waals surface area contributed by atoms with Crippen molar-refractivity contribution in [3.05, 3.63) is 60.7 Å². The molecule has 1 saturated heterocycles. The van der Waals surface area contributed by atoms with Gasteiger partial charge in [-0.25, -0.2) is 18.4 Å². The van der Waals surface area contributed by atoms with Crippen molar-refractivity contribution < 1.29 is 17.6 Å².